The fraction of sp³-hybridized carbons (Fsp3) is 0.500. The van der Waals surface area contributed by atoms with Gasteiger partial charge in [-0.3, -0.25) is 25.1 Å². The minimum absolute atomic E-state index is 0.0115. The highest BCUT2D eigenvalue weighted by atomic mass is 35.5. The summed E-state index contributed by atoms with van der Waals surface area (Å²) in [6.07, 6.45) is 3.34. The fourth-order valence-electron chi connectivity index (χ4n) is 9.67. The highest BCUT2D eigenvalue weighted by Crippen LogP contribution is 2.55. The summed E-state index contributed by atoms with van der Waals surface area (Å²) in [6.45, 7) is 14.6. The van der Waals surface area contributed by atoms with Crippen molar-refractivity contribution in [1.82, 2.24) is 31.1 Å². The molecule has 1 aliphatic carbocycles. The lowest BCUT2D eigenvalue weighted by molar-refractivity contribution is -0.174. The van der Waals surface area contributed by atoms with Crippen LogP contribution in [0.4, 0.5) is 0 Å². The number of halogens is 1. The number of nitrogens with zero attached hydrogens (tertiary/aromatic N) is 3. The fourth-order valence-corrected chi connectivity index (χ4v) is 9.88. The molecule has 0 bridgehead atoms. The Morgan fingerprint density at radius 3 is 2.36 bits per heavy atom. The van der Waals surface area contributed by atoms with Crippen molar-refractivity contribution in [1.29, 1.82) is 5.26 Å². The van der Waals surface area contributed by atoms with Crippen molar-refractivity contribution in [2.45, 2.75) is 84.5 Å². The monoisotopic (exact) mass is 823 g/mol. The first-order chi connectivity index (χ1) is 27.9. The van der Waals surface area contributed by atoms with E-state index >= 15 is 0 Å². The lowest BCUT2D eigenvalue weighted by Crippen LogP contribution is -2.75. The molecule has 3 aliphatic heterocycles. The van der Waals surface area contributed by atoms with Crippen LogP contribution in [0.25, 0.3) is 5.57 Å². The number of ether oxygens (including phenoxy) is 2. The molecule has 3 aromatic rings. The second-order valence-corrected chi connectivity index (χ2v) is 18.8. The lowest BCUT2D eigenvalue weighted by Gasteiger charge is -2.63. The molecule has 0 aromatic heterocycles. The van der Waals surface area contributed by atoms with E-state index in [0.29, 0.717) is 40.9 Å². The molecule has 3 aromatic carbocycles. The lowest BCUT2D eigenvalue weighted by atomic mass is 9.49. The molecule has 12 nitrogen and oxygen atoms in total. The molecule has 314 valence electrons. The topological polar surface area (TPSA) is 151 Å². The van der Waals surface area contributed by atoms with E-state index in [2.05, 4.69) is 79.1 Å². The first kappa shape index (κ1) is 42.6. The molecule has 0 radical (unpaired) electrons. The predicted octanol–water partition coefficient (Wildman–Crippen LogP) is 5.59. The smallest absolute Gasteiger partial charge is 0.244 e. The Morgan fingerprint density at radius 2 is 1.71 bits per heavy atom. The molecule has 3 heterocycles. The quantitative estimate of drug-likeness (QED) is 0.157. The van der Waals surface area contributed by atoms with E-state index in [9.17, 15) is 20.0 Å². The van der Waals surface area contributed by atoms with Gasteiger partial charge in [0.15, 0.2) is 0 Å². The SMILES string of the molecule is CN1C=C(c2cc(C(C)(C)O)ccc2Oc2ccc(CCN(C)C3NCC(C(=O)NC4C(C)(C)C(Oc5ccc(C#N)c(Cl)c5)C4(C)C)CN3)cc2)C2CCNC2C1=O. The van der Waals surface area contributed by atoms with Crippen molar-refractivity contribution in [3.63, 3.8) is 0 Å². The molecule has 59 heavy (non-hydrogen) atoms. The summed E-state index contributed by atoms with van der Waals surface area (Å²) in [7, 11) is 3.85. The van der Waals surface area contributed by atoms with Gasteiger partial charge in [0.25, 0.3) is 0 Å². The number of rotatable bonds is 12. The van der Waals surface area contributed by atoms with Gasteiger partial charge in [-0.1, -0.05) is 57.5 Å². The Labute approximate surface area is 353 Å². The summed E-state index contributed by atoms with van der Waals surface area (Å²) < 4.78 is 12.9. The van der Waals surface area contributed by atoms with Crippen LogP contribution < -0.4 is 30.7 Å². The van der Waals surface area contributed by atoms with E-state index < -0.39 is 5.60 Å². The Morgan fingerprint density at radius 1 is 1.03 bits per heavy atom. The first-order valence-corrected chi connectivity index (χ1v) is 21.0. The molecule has 1 saturated carbocycles. The maximum Gasteiger partial charge on any atom is 0.244 e. The maximum atomic E-state index is 13.6. The third-order valence-electron chi connectivity index (χ3n) is 12.8. The van der Waals surface area contributed by atoms with Crippen LogP contribution in [-0.4, -0.2) is 91.5 Å². The minimum Gasteiger partial charge on any atom is -0.489 e. The predicted molar refractivity (Wildman–Crippen MR) is 229 cm³/mol. The second kappa shape index (κ2) is 16.5. The largest absolute Gasteiger partial charge is 0.489 e. The number of nitriles is 1. The van der Waals surface area contributed by atoms with Gasteiger partial charge in [0.05, 0.1) is 28.1 Å². The van der Waals surface area contributed by atoms with Crippen molar-refractivity contribution >= 4 is 29.0 Å². The molecule has 13 heteroatoms. The normalized spacial score (nSPS) is 26.0. The van der Waals surface area contributed by atoms with Crippen molar-refractivity contribution in [3.8, 4) is 23.3 Å². The summed E-state index contributed by atoms with van der Waals surface area (Å²) >= 11 is 6.26. The number of nitrogens with one attached hydrogen (secondary N) is 4. The van der Waals surface area contributed by atoms with Gasteiger partial charge >= 0.3 is 0 Å². The van der Waals surface area contributed by atoms with E-state index in [4.69, 9.17) is 21.1 Å². The average Bonchev–Trinajstić information content (AvgIpc) is 3.70. The number of hydrogen-bond donors (Lipinski definition) is 5. The number of hydrogen-bond acceptors (Lipinski definition) is 10. The average molecular weight is 824 g/mol. The van der Waals surface area contributed by atoms with Crippen LogP contribution >= 0.6 is 11.6 Å². The molecule has 2 unspecified atom stereocenters. The zero-order chi connectivity index (χ0) is 42.4. The number of fused-ring (bicyclic) bond motifs is 1. The van der Waals surface area contributed by atoms with Crippen LogP contribution in [0.15, 0.2) is 66.9 Å². The Hall–Kier alpha value is -4.48. The van der Waals surface area contributed by atoms with Gasteiger partial charge in [-0.2, -0.15) is 5.26 Å². The molecule has 3 fully saturated rings. The van der Waals surface area contributed by atoms with Gasteiger partial charge in [0.2, 0.25) is 11.8 Å². The molecule has 2 saturated heterocycles. The molecular formula is C46H58ClN7O5. The third kappa shape index (κ3) is 8.60. The summed E-state index contributed by atoms with van der Waals surface area (Å²) in [4.78, 5) is 30.3. The van der Waals surface area contributed by atoms with E-state index in [0.717, 1.165) is 42.6 Å². The Bertz CT molecular complexity index is 2120. The number of carbonyl (C=O) groups is 2. The molecule has 5 N–H and O–H groups in total. The third-order valence-corrected chi connectivity index (χ3v) is 13.1. The number of amides is 2. The summed E-state index contributed by atoms with van der Waals surface area (Å²) in [5.74, 6) is 1.86. The number of aliphatic hydroxyl groups is 1. The van der Waals surface area contributed by atoms with Crippen LogP contribution in [0.5, 0.6) is 17.2 Å². The molecule has 2 amide bonds. The van der Waals surface area contributed by atoms with E-state index in [1.807, 2.05) is 36.5 Å². The standard InChI is InChI=1S/C46H58ClN7O5/c1-44(2)41(45(3,4)42(44)59-32-15-11-28(23-48)36(47)22-32)52-39(55)29-24-50-43(51-25-29)53(7)20-18-27-9-13-31(14-10-27)58-37-16-12-30(46(5,6)57)21-34(37)35-26-54(8)40(56)38-33(35)17-19-49-38/h9-16,21-22,26,29,33,38,41-43,49-51,57H,17-20,24-25H2,1-8H3,(H,52,55). The van der Waals surface area contributed by atoms with Gasteiger partial charge in [0.1, 0.15) is 35.7 Å². The van der Waals surface area contributed by atoms with Gasteiger partial charge in [-0.25, -0.2) is 0 Å². The molecule has 2 atom stereocenters. The van der Waals surface area contributed by atoms with Crippen molar-refractivity contribution in [2.24, 2.45) is 22.7 Å². The number of likely N-dealkylation sites (N-methyl/N-ethyl adjacent to an activating group) is 2. The molecule has 4 aliphatic rings. The summed E-state index contributed by atoms with van der Waals surface area (Å²) in [5.41, 5.74) is 2.54. The summed E-state index contributed by atoms with van der Waals surface area (Å²) in [6, 6.07) is 20.7. The molecular weight excluding hydrogens is 766 g/mol. The van der Waals surface area contributed by atoms with Crippen LogP contribution in [0.2, 0.25) is 5.02 Å². The van der Waals surface area contributed by atoms with E-state index in [1.165, 1.54) is 5.56 Å². The molecule has 7 rings (SSSR count). The van der Waals surface area contributed by atoms with E-state index in [-0.39, 0.29) is 59.0 Å². The first-order valence-electron chi connectivity index (χ1n) is 20.6. The van der Waals surface area contributed by atoms with Crippen molar-refractivity contribution in [2.75, 3.05) is 40.3 Å². The zero-order valence-electron chi connectivity index (χ0n) is 35.4. The van der Waals surface area contributed by atoms with Crippen LogP contribution in [-0.2, 0) is 21.6 Å². The van der Waals surface area contributed by atoms with E-state index in [1.54, 1.807) is 44.0 Å². The minimum atomic E-state index is -1.04. The van der Waals surface area contributed by atoms with Crippen LogP contribution in [0.3, 0.4) is 0 Å². The second-order valence-electron chi connectivity index (χ2n) is 18.4. The Balaban J connectivity index is 0.909. The highest BCUT2D eigenvalue weighted by Gasteiger charge is 2.64. The highest BCUT2D eigenvalue weighted by molar-refractivity contribution is 6.31. The number of benzene rings is 3. The van der Waals surface area contributed by atoms with Gasteiger partial charge < -0.3 is 30.1 Å². The van der Waals surface area contributed by atoms with Crippen molar-refractivity contribution < 1.29 is 24.2 Å². The van der Waals surface area contributed by atoms with Gasteiger partial charge in [0, 0.05) is 67.3 Å². The summed E-state index contributed by atoms with van der Waals surface area (Å²) in [5, 5.41) is 34.2. The Kier molecular flexibility index (Phi) is 11.9. The van der Waals surface area contributed by atoms with Gasteiger partial charge in [-0.15, -0.1) is 0 Å². The van der Waals surface area contributed by atoms with Gasteiger partial charge in [-0.05, 0) is 93.4 Å². The van der Waals surface area contributed by atoms with Crippen molar-refractivity contribution in [3.05, 3.63) is 94.1 Å². The van der Waals surface area contributed by atoms with Crippen LogP contribution in [0, 0.1) is 34.0 Å². The maximum absolute atomic E-state index is 13.6. The molecule has 0 spiro atoms. The van der Waals surface area contributed by atoms with Crippen LogP contribution in [0.1, 0.15) is 70.2 Å². The zero-order valence-corrected chi connectivity index (χ0v) is 36.1. The number of carbonyl (C=O) groups excluding carboxylic acids is 2.